The molecular weight excluding hydrogens is 294 g/mol. The first-order valence-corrected chi connectivity index (χ1v) is 8.15. The molecule has 5 heteroatoms. The maximum atomic E-state index is 6.10. The summed E-state index contributed by atoms with van der Waals surface area (Å²) in [6.45, 7) is 0.618. The number of methoxy groups -OCH3 is 4. The van der Waals surface area contributed by atoms with Gasteiger partial charge in [0.05, 0.1) is 14.2 Å². The van der Waals surface area contributed by atoms with Gasteiger partial charge in [-0.05, 0) is 48.9 Å². The number of hydrogen-bond acceptors (Lipinski definition) is 5. The summed E-state index contributed by atoms with van der Waals surface area (Å²) in [6.07, 6.45) is 3.87. The second kappa shape index (κ2) is 7.99. The van der Waals surface area contributed by atoms with E-state index in [0.29, 0.717) is 18.4 Å². The molecule has 5 nitrogen and oxygen atoms in total. The van der Waals surface area contributed by atoms with Gasteiger partial charge in [-0.25, -0.2) is 0 Å². The molecule has 2 N–H and O–H groups in total. The van der Waals surface area contributed by atoms with Gasteiger partial charge in [0.25, 0.3) is 0 Å². The van der Waals surface area contributed by atoms with E-state index in [4.69, 9.17) is 24.7 Å². The molecule has 0 radical (unpaired) electrons. The van der Waals surface area contributed by atoms with Crippen LogP contribution in [0.25, 0.3) is 0 Å². The van der Waals surface area contributed by atoms with Crippen molar-refractivity contribution in [2.45, 2.75) is 37.4 Å². The Morgan fingerprint density at radius 2 is 1.65 bits per heavy atom. The molecule has 1 aromatic carbocycles. The van der Waals surface area contributed by atoms with Crippen molar-refractivity contribution in [1.29, 1.82) is 0 Å². The van der Waals surface area contributed by atoms with Crippen LogP contribution in [0.15, 0.2) is 18.2 Å². The lowest BCUT2D eigenvalue weighted by Gasteiger charge is -2.40. The van der Waals surface area contributed by atoms with Crippen LogP contribution in [-0.4, -0.2) is 40.8 Å². The molecule has 1 unspecified atom stereocenters. The maximum Gasteiger partial charge on any atom is 0.167 e. The average Bonchev–Trinajstić information content (AvgIpc) is 2.63. The van der Waals surface area contributed by atoms with Crippen LogP contribution in [0, 0.1) is 5.92 Å². The summed E-state index contributed by atoms with van der Waals surface area (Å²) in [7, 11) is 6.75. The van der Waals surface area contributed by atoms with Crippen LogP contribution < -0.4 is 15.2 Å². The number of ether oxygens (including phenoxy) is 4. The van der Waals surface area contributed by atoms with Gasteiger partial charge >= 0.3 is 0 Å². The Morgan fingerprint density at radius 3 is 2.13 bits per heavy atom. The largest absolute Gasteiger partial charge is 0.493 e. The monoisotopic (exact) mass is 323 g/mol. The molecule has 0 aliphatic heterocycles. The zero-order valence-electron chi connectivity index (χ0n) is 14.6. The van der Waals surface area contributed by atoms with E-state index in [2.05, 4.69) is 6.07 Å². The van der Waals surface area contributed by atoms with E-state index < -0.39 is 5.79 Å². The Kier molecular flexibility index (Phi) is 6.27. The number of nitrogens with two attached hydrogens (primary N) is 1. The molecule has 0 spiro atoms. The van der Waals surface area contributed by atoms with E-state index >= 15 is 0 Å². The van der Waals surface area contributed by atoms with E-state index in [1.807, 2.05) is 12.1 Å². The fourth-order valence-corrected chi connectivity index (χ4v) is 3.66. The molecule has 1 saturated carbocycles. The molecule has 1 fully saturated rings. The van der Waals surface area contributed by atoms with Crippen molar-refractivity contribution in [2.24, 2.45) is 11.7 Å². The lowest BCUT2D eigenvalue weighted by molar-refractivity contribution is -0.228. The molecule has 0 heterocycles. The minimum Gasteiger partial charge on any atom is -0.493 e. The minimum absolute atomic E-state index is 0.307. The lowest BCUT2D eigenvalue weighted by Crippen LogP contribution is -2.39. The fourth-order valence-electron chi connectivity index (χ4n) is 3.66. The second-order valence-electron chi connectivity index (χ2n) is 6.11. The van der Waals surface area contributed by atoms with Crippen molar-refractivity contribution < 1.29 is 18.9 Å². The highest BCUT2D eigenvalue weighted by atomic mass is 16.7. The van der Waals surface area contributed by atoms with Crippen molar-refractivity contribution in [3.63, 3.8) is 0 Å². The Morgan fingerprint density at radius 1 is 1.04 bits per heavy atom. The van der Waals surface area contributed by atoms with Gasteiger partial charge in [0.1, 0.15) is 0 Å². The Balaban J connectivity index is 2.15. The van der Waals surface area contributed by atoms with Gasteiger partial charge < -0.3 is 24.7 Å². The highest BCUT2D eigenvalue weighted by molar-refractivity contribution is 5.44. The second-order valence-corrected chi connectivity index (χ2v) is 6.11. The maximum absolute atomic E-state index is 6.10. The number of benzene rings is 1. The zero-order valence-corrected chi connectivity index (χ0v) is 14.6. The van der Waals surface area contributed by atoms with Crippen molar-refractivity contribution in [2.75, 3.05) is 35.0 Å². The zero-order chi connectivity index (χ0) is 16.9. The first-order chi connectivity index (χ1) is 11.1. The molecular formula is C18H29NO4. The SMILES string of the molecule is COc1ccc(C(CN)C2CCC(OC)(OC)CC2)cc1OC. The van der Waals surface area contributed by atoms with Gasteiger partial charge in [-0.2, -0.15) is 0 Å². The molecule has 0 bridgehead atoms. The van der Waals surface area contributed by atoms with Gasteiger partial charge in [0, 0.05) is 27.1 Å². The molecule has 1 atom stereocenters. The van der Waals surface area contributed by atoms with Gasteiger partial charge in [-0.3, -0.25) is 0 Å². The smallest absolute Gasteiger partial charge is 0.167 e. The molecule has 130 valence electrons. The molecule has 0 amide bonds. The molecule has 0 saturated heterocycles. The van der Waals surface area contributed by atoms with Crippen LogP contribution in [-0.2, 0) is 9.47 Å². The highest BCUT2D eigenvalue weighted by Crippen LogP contribution is 2.42. The summed E-state index contributed by atoms with van der Waals surface area (Å²) in [4.78, 5) is 0. The molecule has 1 aromatic rings. The van der Waals surface area contributed by atoms with Gasteiger partial charge in [0.15, 0.2) is 17.3 Å². The molecule has 1 aliphatic carbocycles. The average molecular weight is 323 g/mol. The standard InChI is InChI=1S/C18H29NO4/c1-20-16-6-5-14(11-17(16)21-2)15(12-19)13-7-9-18(22-3,23-4)10-8-13/h5-6,11,13,15H,7-10,12,19H2,1-4H3. The topological polar surface area (TPSA) is 62.9 Å². The highest BCUT2D eigenvalue weighted by Gasteiger charge is 2.38. The first kappa shape index (κ1) is 18.0. The summed E-state index contributed by atoms with van der Waals surface area (Å²) < 4.78 is 21.9. The van der Waals surface area contributed by atoms with Gasteiger partial charge in [-0.15, -0.1) is 0 Å². The molecule has 2 rings (SSSR count). The predicted molar refractivity (Wildman–Crippen MR) is 90.0 cm³/mol. The van der Waals surface area contributed by atoms with Crippen LogP contribution in [0.3, 0.4) is 0 Å². The normalized spacial score (nSPS) is 19.3. The number of rotatable bonds is 7. The fraction of sp³-hybridized carbons (Fsp3) is 0.667. The van der Waals surface area contributed by atoms with Crippen molar-refractivity contribution in [3.8, 4) is 11.5 Å². The van der Waals surface area contributed by atoms with Gasteiger partial charge in [-0.1, -0.05) is 6.07 Å². The predicted octanol–water partition coefficient (Wildman–Crippen LogP) is 2.93. The van der Waals surface area contributed by atoms with Gasteiger partial charge in [0.2, 0.25) is 0 Å². The quantitative estimate of drug-likeness (QED) is 0.782. The van der Waals surface area contributed by atoms with E-state index in [0.717, 1.165) is 37.2 Å². The molecule has 1 aliphatic rings. The molecule has 23 heavy (non-hydrogen) atoms. The first-order valence-electron chi connectivity index (χ1n) is 8.15. The Labute approximate surface area is 139 Å². The summed E-state index contributed by atoms with van der Waals surface area (Å²) in [5, 5.41) is 0. The van der Waals surface area contributed by atoms with Crippen molar-refractivity contribution in [3.05, 3.63) is 23.8 Å². The van der Waals surface area contributed by atoms with E-state index in [1.165, 1.54) is 5.56 Å². The van der Waals surface area contributed by atoms with E-state index in [1.54, 1.807) is 28.4 Å². The third-order valence-corrected chi connectivity index (χ3v) is 5.19. The minimum atomic E-state index is -0.423. The summed E-state index contributed by atoms with van der Waals surface area (Å²) in [5.41, 5.74) is 7.30. The Bertz CT molecular complexity index is 492. The lowest BCUT2D eigenvalue weighted by atomic mass is 9.75. The third-order valence-electron chi connectivity index (χ3n) is 5.19. The third kappa shape index (κ3) is 3.79. The van der Waals surface area contributed by atoms with Crippen LogP contribution in [0.1, 0.15) is 37.2 Å². The van der Waals surface area contributed by atoms with Crippen LogP contribution in [0.2, 0.25) is 0 Å². The van der Waals surface area contributed by atoms with Crippen molar-refractivity contribution >= 4 is 0 Å². The summed E-state index contributed by atoms with van der Waals surface area (Å²) >= 11 is 0. The van der Waals surface area contributed by atoms with E-state index in [9.17, 15) is 0 Å². The van der Waals surface area contributed by atoms with Crippen LogP contribution in [0.4, 0.5) is 0 Å². The number of hydrogen-bond donors (Lipinski definition) is 1. The van der Waals surface area contributed by atoms with Crippen molar-refractivity contribution in [1.82, 2.24) is 0 Å². The summed E-state index contributed by atoms with van der Waals surface area (Å²) in [6, 6.07) is 6.09. The van der Waals surface area contributed by atoms with E-state index in [-0.39, 0.29) is 0 Å². The van der Waals surface area contributed by atoms with Crippen LogP contribution >= 0.6 is 0 Å². The summed E-state index contributed by atoms with van der Waals surface area (Å²) in [5.74, 6) is 1.90. The Hall–Kier alpha value is -1.30. The molecule has 0 aromatic heterocycles. The van der Waals surface area contributed by atoms with Crippen LogP contribution in [0.5, 0.6) is 11.5 Å².